The third kappa shape index (κ3) is 2.82. The van der Waals surface area contributed by atoms with Gasteiger partial charge < -0.3 is 5.11 Å². The van der Waals surface area contributed by atoms with E-state index in [1.807, 2.05) is 24.3 Å². The molecule has 0 atom stereocenters. The van der Waals surface area contributed by atoms with Crippen molar-refractivity contribution in [2.45, 2.75) is 13.3 Å². The Morgan fingerprint density at radius 1 is 1.11 bits per heavy atom. The van der Waals surface area contributed by atoms with Crippen LogP contribution in [0.3, 0.4) is 0 Å². The number of amides is 2. The maximum Gasteiger partial charge on any atom is 0.273 e. The van der Waals surface area contributed by atoms with Crippen LogP contribution in [0.5, 0.6) is 5.75 Å². The van der Waals surface area contributed by atoms with Crippen LogP contribution >= 0.6 is 0 Å². The lowest BCUT2D eigenvalue weighted by Gasteiger charge is -2.09. The lowest BCUT2D eigenvalue weighted by molar-refractivity contribution is -0.121. The topological polar surface area (TPSA) is 78.4 Å². The van der Waals surface area contributed by atoms with Crippen molar-refractivity contribution in [3.05, 3.63) is 42.0 Å². The van der Waals surface area contributed by atoms with E-state index in [9.17, 15) is 14.7 Å². The molecular formula is C14H14N2O3. The van der Waals surface area contributed by atoms with Gasteiger partial charge in [-0.25, -0.2) is 0 Å². The van der Waals surface area contributed by atoms with E-state index in [4.69, 9.17) is 0 Å². The molecule has 0 bridgehead atoms. The molecule has 0 heterocycles. The number of phenols is 1. The Hall–Kier alpha value is -2.56. The van der Waals surface area contributed by atoms with Crippen LogP contribution in [-0.2, 0) is 4.79 Å². The Kier molecular flexibility index (Phi) is 3.66. The molecule has 0 aromatic heterocycles. The van der Waals surface area contributed by atoms with Gasteiger partial charge in [-0.3, -0.25) is 20.4 Å². The van der Waals surface area contributed by atoms with Gasteiger partial charge in [0.05, 0.1) is 5.56 Å². The van der Waals surface area contributed by atoms with E-state index in [1.54, 1.807) is 13.0 Å². The van der Waals surface area contributed by atoms with E-state index >= 15 is 0 Å². The number of hydrogen-bond acceptors (Lipinski definition) is 3. The van der Waals surface area contributed by atoms with Gasteiger partial charge in [0, 0.05) is 6.42 Å². The monoisotopic (exact) mass is 258 g/mol. The van der Waals surface area contributed by atoms with Crippen LogP contribution in [0.4, 0.5) is 0 Å². The fraction of sp³-hybridized carbons (Fsp3) is 0.143. The number of benzene rings is 2. The highest BCUT2D eigenvalue weighted by atomic mass is 16.3. The Bertz CT molecular complexity index is 638. The molecule has 3 N–H and O–H groups in total. The Morgan fingerprint density at radius 2 is 1.74 bits per heavy atom. The predicted octanol–water partition coefficient (Wildman–Crippen LogP) is 1.72. The zero-order chi connectivity index (χ0) is 13.8. The molecule has 2 aromatic carbocycles. The predicted molar refractivity (Wildman–Crippen MR) is 71.5 cm³/mol. The number of fused-ring (bicyclic) bond motifs is 1. The van der Waals surface area contributed by atoms with E-state index in [0.29, 0.717) is 0 Å². The summed E-state index contributed by atoms with van der Waals surface area (Å²) in [6.07, 6.45) is 0.268. The normalized spacial score (nSPS) is 10.2. The SMILES string of the molecule is CCC(=O)NNC(=O)c1cc2ccccc2cc1O. The second kappa shape index (κ2) is 5.39. The van der Waals surface area contributed by atoms with Crippen molar-refractivity contribution in [1.82, 2.24) is 10.9 Å². The van der Waals surface area contributed by atoms with Crippen molar-refractivity contribution >= 4 is 22.6 Å². The number of carbonyl (C=O) groups excluding carboxylic acids is 2. The molecule has 98 valence electrons. The maximum absolute atomic E-state index is 11.8. The van der Waals surface area contributed by atoms with E-state index in [2.05, 4.69) is 10.9 Å². The van der Waals surface area contributed by atoms with Crippen LogP contribution in [0.1, 0.15) is 23.7 Å². The van der Waals surface area contributed by atoms with Gasteiger partial charge in [-0.05, 0) is 22.9 Å². The number of carbonyl (C=O) groups is 2. The van der Waals surface area contributed by atoms with E-state index in [-0.39, 0.29) is 23.6 Å². The Labute approximate surface area is 110 Å². The van der Waals surface area contributed by atoms with Crippen molar-refractivity contribution in [1.29, 1.82) is 0 Å². The Morgan fingerprint density at radius 3 is 2.37 bits per heavy atom. The summed E-state index contributed by atoms with van der Waals surface area (Å²) in [6, 6.07) is 10.5. The fourth-order valence-electron chi connectivity index (χ4n) is 1.69. The van der Waals surface area contributed by atoms with Crippen LogP contribution in [-0.4, -0.2) is 16.9 Å². The fourth-order valence-corrected chi connectivity index (χ4v) is 1.69. The zero-order valence-electron chi connectivity index (χ0n) is 10.4. The highest BCUT2D eigenvalue weighted by Crippen LogP contribution is 2.24. The largest absolute Gasteiger partial charge is 0.507 e. The molecule has 2 rings (SSSR count). The molecule has 2 aromatic rings. The van der Waals surface area contributed by atoms with Crippen LogP contribution in [0.25, 0.3) is 10.8 Å². The van der Waals surface area contributed by atoms with Gasteiger partial charge in [0.2, 0.25) is 5.91 Å². The molecule has 0 aliphatic carbocycles. The summed E-state index contributed by atoms with van der Waals surface area (Å²) in [5, 5.41) is 11.5. The van der Waals surface area contributed by atoms with E-state index < -0.39 is 5.91 Å². The minimum atomic E-state index is -0.551. The molecule has 0 fully saturated rings. The average molecular weight is 258 g/mol. The third-order valence-corrected chi connectivity index (χ3v) is 2.75. The summed E-state index contributed by atoms with van der Waals surface area (Å²) >= 11 is 0. The number of aromatic hydroxyl groups is 1. The van der Waals surface area contributed by atoms with Crippen LogP contribution in [0.15, 0.2) is 36.4 Å². The van der Waals surface area contributed by atoms with Crippen LogP contribution in [0.2, 0.25) is 0 Å². The smallest absolute Gasteiger partial charge is 0.273 e. The molecule has 0 aliphatic rings. The first-order valence-corrected chi connectivity index (χ1v) is 5.92. The summed E-state index contributed by atoms with van der Waals surface area (Å²) < 4.78 is 0. The average Bonchev–Trinajstić information content (AvgIpc) is 2.43. The molecule has 0 aliphatic heterocycles. The van der Waals surface area contributed by atoms with Gasteiger partial charge in [-0.1, -0.05) is 31.2 Å². The molecule has 0 radical (unpaired) electrons. The number of hydrazine groups is 1. The standard InChI is InChI=1S/C14H14N2O3/c1-2-13(18)15-16-14(19)11-7-9-5-3-4-6-10(9)8-12(11)17/h3-8,17H,2H2,1H3,(H,15,18)(H,16,19). The maximum atomic E-state index is 11.8. The van der Waals surface area contributed by atoms with Gasteiger partial charge in [0.1, 0.15) is 5.75 Å². The quantitative estimate of drug-likeness (QED) is 0.718. The first kappa shape index (κ1) is 12.9. The van der Waals surface area contributed by atoms with Crippen molar-refractivity contribution in [3.8, 4) is 5.75 Å². The minimum Gasteiger partial charge on any atom is -0.507 e. The molecule has 5 nitrogen and oxygen atoms in total. The second-order valence-electron chi connectivity index (χ2n) is 4.07. The lowest BCUT2D eigenvalue weighted by atomic mass is 10.1. The molecule has 0 unspecified atom stereocenters. The van der Waals surface area contributed by atoms with Crippen molar-refractivity contribution in [3.63, 3.8) is 0 Å². The van der Waals surface area contributed by atoms with E-state index in [1.165, 1.54) is 6.07 Å². The summed E-state index contributed by atoms with van der Waals surface area (Å²) in [6.45, 7) is 1.68. The van der Waals surface area contributed by atoms with Gasteiger partial charge in [-0.15, -0.1) is 0 Å². The molecule has 19 heavy (non-hydrogen) atoms. The Balaban J connectivity index is 2.26. The molecule has 5 heteroatoms. The third-order valence-electron chi connectivity index (χ3n) is 2.75. The first-order chi connectivity index (χ1) is 9.11. The van der Waals surface area contributed by atoms with Gasteiger partial charge in [0.15, 0.2) is 0 Å². The summed E-state index contributed by atoms with van der Waals surface area (Å²) in [5.41, 5.74) is 4.63. The van der Waals surface area contributed by atoms with Crippen LogP contribution in [0, 0.1) is 0 Å². The van der Waals surface area contributed by atoms with Gasteiger partial charge in [-0.2, -0.15) is 0 Å². The highest BCUT2D eigenvalue weighted by molar-refractivity contribution is 6.02. The van der Waals surface area contributed by atoms with E-state index in [0.717, 1.165) is 10.8 Å². The van der Waals surface area contributed by atoms with Crippen LogP contribution < -0.4 is 10.9 Å². The second-order valence-corrected chi connectivity index (χ2v) is 4.07. The van der Waals surface area contributed by atoms with Crippen molar-refractivity contribution in [2.24, 2.45) is 0 Å². The summed E-state index contributed by atoms with van der Waals surface area (Å²) in [7, 11) is 0. The molecular weight excluding hydrogens is 244 g/mol. The van der Waals surface area contributed by atoms with Gasteiger partial charge in [0.25, 0.3) is 5.91 Å². The zero-order valence-corrected chi connectivity index (χ0v) is 10.4. The highest BCUT2D eigenvalue weighted by Gasteiger charge is 2.12. The molecule has 0 saturated heterocycles. The van der Waals surface area contributed by atoms with Crippen molar-refractivity contribution in [2.75, 3.05) is 0 Å². The first-order valence-electron chi connectivity index (χ1n) is 5.92. The molecule has 0 spiro atoms. The minimum absolute atomic E-state index is 0.120. The summed E-state index contributed by atoms with van der Waals surface area (Å²) in [4.78, 5) is 22.9. The molecule has 0 saturated carbocycles. The number of phenolic OH excluding ortho intramolecular Hbond substituents is 1. The van der Waals surface area contributed by atoms with Gasteiger partial charge >= 0.3 is 0 Å². The summed E-state index contributed by atoms with van der Waals surface area (Å²) in [5.74, 6) is -0.972. The number of hydrogen-bond donors (Lipinski definition) is 3. The van der Waals surface area contributed by atoms with Crippen molar-refractivity contribution < 1.29 is 14.7 Å². The molecule has 2 amide bonds. The number of rotatable bonds is 2. The lowest BCUT2D eigenvalue weighted by Crippen LogP contribution is -2.41. The number of nitrogens with one attached hydrogen (secondary N) is 2.